The SMILES string of the molecule is COc1cc(N=Nc2cccc(S(=O)(=O)O)c2)ccc1Nc1nc(O)nc(Nc2cc(S(=O)(=O)O)c3cc(Nc4nc(O)nc(Nc5ccc(N=Nc6cccc(S(=O)(=O)O)c6)cc5OC)n4)cc(S(=O)(=O)O)c3c2)n1. The van der Waals surface area contributed by atoms with Gasteiger partial charge in [-0.2, -0.15) is 84.0 Å². The normalized spacial score (nSPS) is 12.2. The van der Waals surface area contributed by atoms with Crippen molar-refractivity contribution in [2.45, 2.75) is 19.6 Å². The largest absolute Gasteiger partial charge is 0.494 e. The Kier molecular flexibility index (Phi) is 14.7. The highest BCUT2D eigenvalue weighted by molar-refractivity contribution is 7.86. The molecule has 76 heavy (non-hydrogen) atoms. The molecule has 0 spiro atoms. The fourth-order valence-electron chi connectivity index (χ4n) is 6.75. The lowest BCUT2D eigenvalue weighted by Crippen LogP contribution is -2.08. The van der Waals surface area contributed by atoms with Crippen LogP contribution in [0.1, 0.15) is 0 Å². The number of benzene rings is 6. The second kappa shape index (κ2) is 21.0. The lowest BCUT2D eigenvalue weighted by molar-refractivity contribution is 0.416. The van der Waals surface area contributed by atoms with Gasteiger partial charge in [0.25, 0.3) is 40.5 Å². The van der Waals surface area contributed by atoms with Gasteiger partial charge in [-0.25, -0.2) is 0 Å². The van der Waals surface area contributed by atoms with Crippen LogP contribution in [0.15, 0.2) is 149 Å². The van der Waals surface area contributed by atoms with Gasteiger partial charge in [0.1, 0.15) is 21.3 Å². The van der Waals surface area contributed by atoms with E-state index in [0.29, 0.717) is 0 Å². The first-order chi connectivity index (χ1) is 35.8. The minimum atomic E-state index is -5.24. The van der Waals surface area contributed by atoms with Crippen LogP contribution in [0.5, 0.6) is 23.5 Å². The third-order valence-electron chi connectivity index (χ3n) is 9.97. The average molecular weight is 1120 g/mol. The molecule has 392 valence electrons. The van der Waals surface area contributed by atoms with Gasteiger partial charge in [0.05, 0.1) is 58.1 Å². The number of hydrogen-bond donors (Lipinski definition) is 10. The Balaban J connectivity index is 1.05. The molecular formula is C42H34N14O16S4. The summed E-state index contributed by atoms with van der Waals surface area (Å²) in [6.45, 7) is 0. The summed E-state index contributed by atoms with van der Waals surface area (Å²) in [5.74, 6) is -1.28. The lowest BCUT2D eigenvalue weighted by atomic mass is 10.1. The van der Waals surface area contributed by atoms with Crippen molar-refractivity contribution in [3.8, 4) is 23.5 Å². The molecule has 0 atom stereocenters. The molecule has 6 aromatic carbocycles. The highest BCUT2D eigenvalue weighted by atomic mass is 32.2. The second-order valence-corrected chi connectivity index (χ2v) is 20.8. The van der Waals surface area contributed by atoms with Gasteiger partial charge in [0, 0.05) is 34.3 Å². The first kappa shape index (κ1) is 53.1. The minimum Gasteiger partial charge on any atom is -0.494 e. The first-order valence-electron chi connectivity index (χ1n) is 20.7. The Bertz CT molecular complexity index is 3890. The van der Waals surface area contributed by atoms with Crippen LogP contribution in [0.4, 0.5) is 69.3 Å². The summed E-state index contributed by atoms with van der Waals surface area (Å²) in [7, 11) is -16.8. The van der Waals surface area contributed by atoms with Crippen molar-refractivity contribution in [1.29, 1.82) is 0 Å². The highest BCUT2D eigenvalue weighted by Gasteiger charge is 2.24. The van der Waals surface area contributed by atoms with E-state index in [2.05, 4.69) is 71.6 Å². The quantitative estimate of drug-likeness (QED) is 0.0295. The van der Waals surface area contributed by atoms with E-state index in [9.17, 15) is 62.1 Å². The molecule has 2 aromatic heterocycles. The topological polar surface area (TPSA) is 451 Å². The van der Waals surface area contributed by atoms with Crippen LogP contribution in [-0.4, -0.2) is 106 Å². The van der Waals surface area contributed by atoms with Crippen LogP contribution in [0, 0.1) is 0 Å². The van der Waals surface area contributed by atoms with Gasteiger partial charge in [0.2, 0.25) is 23.8 Å². The molecule has 0 saturated carbocycles. The van der Waals surface area contributed by atoms with E-state index in [-0.39, 0.29) is 68.9 Å². The van der Waals surface area contributed by atoms with Gasteiger partial charge in [-0.3, -0.25) is 18.2 Å². The summed E-state index contributed by atoms with van der Waals surface area (Å²) in [5, 5.41) is 46.9. The summed E-state index contributed by atoms with van der Waals surface area (Å²) in [6, 6.07) is 20.9. The van der Waals surface area contributed by atoms with Crippen molar-refractivity contribution >= 4 is 121 Å². The van der Waals surface area contributed by atoms with Gasteiger partial charge in [0.15, 0.2) is 0 Å². The number of fused-ring (bicyclic) bond motifs is 1. The van der Waals surface area contributed by atoms with Crippen molar-refractivity contribution in [2.24, 2.45) is 20.5 Å². The molecular weight excluding hydrogens is 1080 g/mol. The molecule has 0 amide bonds. The number of aromatic nitrogens is 6. The summed E-state index contributed by atoms with van der Waals surface area (Å²) in [5.41, 5.74) is 0.463. The second-order valence-electron chi connectivity index (χ2n) is 15.2. The summed E-state index contributed by atoms with van der Waals surface area (Å²) < 4.78 is 148. The maximum atomic E-state index is 12.9. The van der Waals surface area contributed by atoms with Crippen LogP contribution in [-0.2, 0) is 40.5 Å². The molecule has 0 aliphatic heterocycles. The van der Waals surface area contributed by atoms with E-state index in [1.807, 2.05) is 0 Å². The number of hydrogen-bond acceptors (Lipinski definition) is 26. The van der Waals surface area contributed by atoms with Crippen LogP contribution in [0.2, 0.25) is 0 Å². The average Bonchev–Trinajstić information content (AvgIpc) is 3.36. The molecule has 0 aliphatic rings. The van der Waals surface area contributed by atoms with E-state index >= 15 is 0 Å². The smallest absolute Gasteiger partial charge is 0.320 e. The van der Waals surface area contributed by atoms with Gasteiger partial charge >= 0.3 is 12.0 Å². The number of nitrogens with zero attached hydrogens (tertiary/aromatic N) is 10. The number of anilines is 8. The van der Waals surface area contributed by atoms with Crippen molar-refractivity contribution in [3.05, 3.63) is 109 Å². The van der Waals surface area contributed by atoms with Gasteiger partial charge in [-0.05, 0) is 84.9 Å². The fraction of sp³-hybridized carbons (Fsp3) is 0.0476. The molecule has 8 aromatic rings. The monoisotopic (exact) mass is 1120 g/mol. The number of azo groups is 2. The predicted octanol–water partition coefficient (Wildman–Crippen LogP) is 7.43. The van der Waals surface area contributed by atoms with E-state index in [1.54, 1.807) is 0 Å². The Morgan fingerprint density at radius 3 is 1.08 bits per heavy atom. The van der Waals surface area contributed by atoms with Gasteiger partial charge < -0.3 is 41.0 Å². The first-order valence-corrected chi connectivity index (χ1v) is 26.5. The summed E-state index contributed by atoms with van der Waals surface area (Å²) >= 11 is 0. The Labute approximate surface area is 428 Å². The Hall–Kier alpha value is -9.16. The van der Waals surface area contributed by atoms with E-state index in [4.69, 9.17) is 9.47 Å². The molecule has 0 saturated heterocycles. The zero-order chi connectivity index (χ0) is 54.7. The number of methoxy groups -OCH3 is 2. The zero-order valence-corrected chi connectivity index (χ0v) is 41.5. The van der Waals surface area contributed by atoms with Gasteiger partial charge in [-0.1, -0.05) is 12.1 Å². The molecule has 2 heterocycles. The van der Waals surface area contributed by atoms with Gasteiger partial charge in [-0.15, -0.1) is 0 Å². The molecule has 0 bridgehead atoms. The molecule has 0 fully saturated rings. The van der Waals surface area contributed by atoms with Crippen LogP contribution in [0.25, 0.3) is 10.8 Å². The molecule has 34 heteroatoms. The zero-order valence-electron chi connectivity index (χ0n) is 38.3. The minimum absolute atomic E-state index is 0.104. The van der Waals surface area contributed by atoms with E-state index in [0.717, 1.165) is 36.4 Å². The Morgan fingerprint density at radius 1 is 0.408 bits per heavy atom. The molecule has 0 unspecified atom stereocenters. The van der Waals surface area contributed by atoms with E-state index in [1.165, 1.54) is 87.0 Å². The number of ether oxygens (including phenoxy) is 2. The number of aromatic hydroxyl groups is 2. The third-order valence-corrected chi connectivity index (χ3v) is 13.5. The maximum absolute atomic E-state index is 12.9. The Morgan fingerprint density at radius 2 is 0.750 bits per heavy atom. The standard InChI is InChI=1S/C42H34N14O16S4/c1-71-33-17-23(55-53-21-5-3-7-27(13-21)73(59,60)61)9-11-31(33)45-39-47-37(49-41(57)51-39)43-25-15-29-30(35(19-25)75(65,66)67)16-26(20-36(29)76(68,69)70)44-38-48-40(52-42(58)50-38)46-32-12-10-24(18-34(32)72-2)56-54-22-6-4-8-28(14-22)74(62,63)64/h3-20H,1-2H3,(H,59,60,61)(H,62,63,64)(H,65,66,67)(H,68,69,70)(H3,43,45,47,49,51,57)(H3,44,46,48,50,52,58). The maximum Gasteiger partial charge on any atom is 0.320 e. The van der Waals surface area contributed by atoms with Crippen LogP contribution in [0.3, 0.4) is 0 Å². The third kappa shape index (κ3) is 13.0. The predicted molar refractivity (Wildman–Crippen MR) is 267 cm³/mol. The van der Waals surface area contributed by atoms with Crippen LogP contribution < -0.4 is 30.7 Å². The van der Waals surface area contributed by atoms with Crippen molar-refractivity contribution in [2.75, 3.05) is 35.5 Å². The fourth-order valence-corrected chi connectivity index (χ4v) is 9.24. The van der Waals surface area contributed by atoms with Crippen LogP contribution >= 0.6 is 0 Å². The summed E-state index contributed by atoms with van der Waals surface area (Å²) in [6.07, 6.45) is 0. The number of nitrogens with one attached hydrogen (secondary N) is 4. The van der Waals surface area contributed by atoms with Crippen molar-refractivity contribution in [1.82, 2.24) is 29.9 Å². The van der Waals surface area contributed by atoms with E-state index < -0.39 is 94.7 Å². The van der Waals surface area contributed by atoms with Crippen molar-refractivity contribution < 1.29 is 71.6 Å². The molecule has 10 N–H and O–H groups in total. The molecule has 30 nitrogen and oxygen atoms in total. The molecule has 0 aliphatic carbocycles. The summed E-state index contributed by atoms with van der Waals surface area (Å²) in [4.78, 5) is 21.0. The molecule has 8 rings (SSSR count). The molecule has 0 radical (unpaired) electrons. The number of rotatable bonds is 18. The lowest BCUT2D eigenvalue weighted by Gasteiger charge is -2.15. The van der Waals surface area contributed by atoms with Crippen molar-refractivity contribution in [3.63, 3.8) is 0 Å². The highest BCUT2D eigenvalue weighted by Crippen LogP contribution is 2.38.